The largest absolute Gasteiger partial charge is 0.479 e. The number of hydrogen-bond donors (Lipinski definition) is 2. The second-order valence-electron chi connectivity index (χ2n) is 8.03. The maximum atomic E-state index is 12.0. The van der Waals surface area contributed by atoms with Crippen LogP contribution in [0.2, 0.25) is 0 Å². The fraction of sp³-hybridized carbons (Fsp3) is 0.619. The van der Waals surface area contributed by atoms with Crippen LogP contribution in [0.4, 0.5) is 0 Å². The van der Waals surface area contributed by atoms with Crippen molar-refractivity contribution in [2.75, 3.05) is 6.61 Å². The Balaban J connectivity index is 1.95. The van der Waals surface area contributed by atoms with Crippen molar-refractivity contribution < 1.29 is 38.4 Å². The van der Waals surface area contributed by atoms with Gasteiger partial charge in [-0.15, -0.1) is 0 Å². The molecular weight excluding hydrogens is 394 g/mol. The Labute approximate surface area is 175 Å². The van der Waals surface area contributed by atoms with E-state index in [1.54, 1.807) is 19.9 Å². The van der Waals surface area contributed by atoms with Crippen LogP contribution in [0.25, 0.3) is 0 Å². The number of carboxylic acid groups (broad SMARTS) is 1. The fourth-order valence-corrected chi connectivity index (χ4v) is 3.58. The smallest absolute Gasteiger partial charge is 0.332 e. The molecular formula is C21H29NO8. The van der Waals surface area contributed by atoms with Crippen LogP contribution in [0.3, 0.4) is 0 Å². The average Bonchev–Trinajstić information content (AvgIpc) is 2.65. The van der Waals surface area contributed by atoms with Crippen molar-refractivity contribution in [3.63, 3.8) is 0 Å². The summed E-state index contributed by atoms with van der Waals surface area (Å²) in [6.45, 7) is 8.40. The molecule has 1 aromatic carbocycles. The van der Waals surface area contributed by atoms with Crippen molar-refractivity contribution in [2.45, 2.75) is 77.2 Å². The number of aryl methyl sites for hydroxylation is 1. The molecule has 30 heavy (non-hydrogen) atoms. The van der Waals surface area contributed by atoms with E-state index in [2.05, 4.69) is 5.32 Å². The lowest BCUT2D eigenvalue weighted by molar-refractivity contribution is -0.366. The number of rotatable bonds is 6. The summed E-state index contributed by atoms with van der Waals surface area (Å²) in [4.78, 5) is 23.4. The molecule has 2 fully saturated rings. The molecule has 0 saturated carbocycles. The van der Waals surface area contributed by atoms with E-state index in [0.717, 1.165) is 5.56 Å². The van der Waals surface area contributed by atoms with Crippen LogP contribution in [0, 0.1) is 6.92 Å². The normalized spacial score (nSPS) is 31.3. The molecule has 6 unspecified atom stereocenters. The van der Waals surface area contributed by atoms with Crippen molar-refractivity contribution >= 4 is 11.9 Å². The minimum atomic E-state index is -1.13. The first-order valence-corrected chi connectivity index (χ1v) is 9.92. The zero-order valence-electron chi connectivity index (χ0n) is 17.8. The summed E-state index contributed by atoms with van der Waals surface area (Å²) >= 11 is 0. The molecule has 1 aromatic rings. The number of para-hydroxylation sites is 1. The third-order valence-corrected chi connectivity index (χ3v) is 5.08. The Morgan fingerprint density at radius 1 is 1.30 bits per heavy atom. The lowest BCUT2D eigenvalue weighted by atomic mass is 9.94. The molecule has 2 N–H and O–H groups in total. The van der Waals surface area contributed by atoms with Crippen LogP contribution in [0.15, 0.2) is 24.3 Å². The number of amides is 1. The zero-order chi connectivity index (χ0) is 22.1. The minimum Gasteiger partial charge on any atom is -0.479 e. The molecule has 6 atom stereocenters. The number of ether oxygens (including phenoxy) is 5. The van der Waals surface area contributed by atoms with Gasteiger partial charge in [-0.05, 0) is 39.3 Å². The molecule has 3 rings (SSSR count). The van der Waals surface area contributed by atoms with Crippen LogP contribution in [0.1, 0.15) is 33.3 Å². The number of hydrogen-bond acceptors (Lipinski definition) is 7. The number of carbonyl (C=O) groups excluding carboxylic acids is 1. The van der Waals surface area contributed by atoms with Gasteiger partial charge in [0.2, 0.25) is 12.2 Å². The van der Waals surface area contributed by atoms with Gasteiger partial charge in [-0.2, -0.15) is 0 Å². The number of aliphatic carboxylic acids is 1. The van der Waals surface area contributed by atoms with Crippen molar-refractivity contribution in [3.8, 4) is 5.75 Å². The maximum absolute atomic E-state index is 12.0. The van der Waals surface area contributed by atoms with Gasteiger partial charge in [0.1, 0.15) is 30.1 Å². The van der Waals surface area contributed by atoms with Gasteiger partial charge < -0.3 is 34.1 Å². The van der Waals surface area contributed by atoms with Gasteiger partial charge in [0, 0.05) is 6.92 Å². The molecule has 9 heteroatoms. The van der Waals surface area contributed by atoms with E-state index in [4.69, 9.17) is 23.7 Å². The third-order valence-electron chi connectivity index (χ3n) is 5.08. The van der Waals surface area contributed by atoms with Gasteiger partial charge >= 0.3 is 5.97 Å². The molecule has 0 spiro atoms. The summed E-state index contributed by atoms with van der Waals surface area (Å²) in [5.74, 6) is -1.78. The van der Waals surface area contributed by atoms with Gasteiger partial charge in [0.25, 0.3) is 0 Å². The molecule has 2 aliphatic rings. The van der Waals surface area contributed by atoms with Gasteiger partial charge in [-0.1, -0.05) is 18.2 Å². The summed E-state index contributed by atoms with van der Waals surface area (Å²) in [6.07, 6.45) is -4.13. The monoisotopic (exact) mass is 423 g/mol. The second kappa shape index (κ2) is 8.89. The predicted octanol–water partition coefficient (Wildman–Crippen LogP) is 1.61. The number of nitrogens with one attached hydrogen (secondary N) is 1. The van der Waals surface area contributed by atoms with Crippen LogP contribution in [0.5, 0.6) is 5.75 Å². The highest BCUT2D eigenvalue weighted by Crippen LogP contribution is 2.35. The highest BCUT2D eigenvalue weighted by molar-refractivity contribution is 5.73. The van der Waals surface area contributed by atoms with Crippen molar-refractivity contribution in [1.29, 1.82) is 0 Å². The summed E-state index contributed by atoms with van der Waals surface area (Å²) in [5.41, 5.74) is 0.887. The predicted molar refractivity (Wildman–Crippen MR) is 105 cm³/mol. The zero-order valence-corrected chi connectivity index (χ0v) is 17.8. The Hall–Kier alpha value is -2.20. The SMILES string of the molecule is CC(=O)NC1C(Oc2ccccc2C)OC2COC(C)(C)OC2C1OC(C)C(=O)O. The molecule has 2 saturated heterocycles. The summed E-state index contributed by atoms with van der Waals surface area (Å²) < 4.78 is 29.8. The van der Waals surface area contributed by atoms with E-state index in [1.165, 1.54) is 13.8 Å². The van der Waals surface area contributed by atoms with Gasteiger partial charge in [0.15, 0.2) is 11.9 Å². The maximum Gasteiger partial charge on any atom is 0.332 e. The number of carboxylic acids is 1. The Kier molecular flexibility index (Phi) is 6.66. The van der Waals surface area contributed by atoms with Gasteiger partial charge in [-0.3, -0.25) is 4.79 Å². The van der Waals surface area contributed by atoms with E-state index in [0.29, 0.717) is 5.75 Å². The second-order valence-corrected chi connectivity index (χ2v) is 8.03. The summed E-state index contributed by atoms with van der Waals surface area (Å²) in [7, 11) is 0. The lowest BCUT2D eigenvalue weighted by Gasteiger charge is -2.51. The number of benzene rings is 1. The first-order valence-electron chi connectivity index (χ1n) is 9.92. The van der Waals surface area contributed by atoms with E-state index >= 15 is 0 Å². The highest BCUT2D eigenvalue weighted by atomic mass is 16.8. The first-order chi connectivity index (χ1) is 14.1. The lowest BCUT2D eigenvalue weighted by Crippen LogP contribution is -2.70. The molecule has 0 aromatic heterocycles. The Bertz CT molecular complexity index is 782. The third kappa shape index (κ3) is 5.10. The molecule has 9 nitrogen and oxygen atoms in total. The topological polar surface area (TPSA) is 113 Å². The van der Waals surface area contributed by atoms with E-state index in [9.17, 15) is 14.7 Å². The molecule has 0 aliphatic carbocycles. The fourth-order valence-electron chi connectivity index (χ4n) is 3.58. The quantitative estimate of drug-likeness (QED) is 0.710. The molecule has 2 aliphatic heterocycles. The number of carbonyl (C=O) groups is 2. The van der Waals surface area contributed by atoms with Crippen LogP contribution < -0.4 is 10.1 Å². The van der Waals surface area contributed by atoms with Crippen molar-refractivity contribution in [3.05, 3.63) is 29.8 Å². The van der Waals surface area contributed by atoms with Gasteiger partial charge in [-0.25, -0.2) is 4.79 Å². The molecule has 0 bridgehead atoms. The summed E-state index contributed by atoms with van der Waals surface area (Å²) in [6, 6.07) is 6.60. The van der Waals surface area contributed by atoms with E-state index < -0.39 is 48.5 Å². The van der Waals surface area contributed by atoms with Gasteiger partial charge in [0.05, 0.1) is 6.61 Å². The molecule has 166 valence electrons. The Morgan fingerprint density at radius 2 is 2.00 bits per heavy atom. The van der Waals surface area contributed by atoms with Crippen LogP contribution >= 0.6 is 0 Å². The van der Waals surface area contributed by atoms with E-state index in [-0.39, 0.29) is 12.5 Å². The minimum absolute atomic E-state index is 0.208. The summed E-state index contributed by atoms with van der Waals surface area (Å²) in [5, 5.41) is 12.2. The Morgan fingerprint density at radius 3 is 2.63 bits per heavy atom. The van der Waals surface area contributed by atoms with Crippen molar-refractivity contribution in [1.82, 2.24) is 5.32 Å². The molecule has 0 radical (unpaired) electrons. The molecule has 2 heterocycles. The van der Waals surface area contributed by atoms with Crippen LogP contribution in [-0.2, 0) is 28.5 Å². The average molecular weight is 423 g/mol. The highest BCUT2D eigenvalue weighted by Gasteiger charge is 2.54. The number of fused-ring (bicyclic) bond motifs is 1. The standard InChI is InChI=1S/C21H29NO8/c1-11-8-6-7-9-14(11)28-20-16(22-13(3)23)18(27-12(2)19(24)25)17-15(29-20)10-26-21(4,5)30-17/h6-9,12,15-18,20H,10H2,1-5H3,(H,22,23)(H,24,25). The van der Waals surface area contributed by atoms with Crippen molar-refractivity contribution in [2.24, 2.45) is 0 Å². The first kappa shape index (κ1) is 22.5. The molecule has 1 amide bonds. The van der Waals surface area contributed by atoms with E-state index in [1.807, 2.05) is 25.1 Å². The van der Waals surface area contributed by atoms with Crippen LogP contribution in [-0.4, -0.2) is 66.1 Å².